The number of thioether (sulfide) groups is 1. The smallest absolute Gasteiger partial charge is 0.331 e. The van der Waals surface area contributed by atoms with Crippen LogP contribution in [0.25, 0.3) is 0 Å². The molecule has 0 saturated carbocycles. The van der Waals surface area contributed by atoms with Crippen LogP contribution in [0.4, 0.5) is 0 Å². The maximum Gasteiger partial charge on any atom is 0.331 e. The van der Waals surface area contributed by atoms with Crippen LogP contribution in [0.2, 0.25) is 0 Å². The van der Waals surface area contributed by atoms with Crippen LogP contribution in [-0.4, -0.2) is 29.9 Å². The third kappa shape index (κ3) is 2.00. The minimum Gasteiger partial charge on any atom is -0.467 e. The molecule has 0 aromatic rings. The van der Waals surface area contributed by atoms with Crippen LogP contribution in [0.3, 0.4) is 0 Å². The summed E-state index contributed by atoms with van der Waals surface area (Å²) >= 11 is 1.65. The molecule has 0 N–H and O–H groups in total. The molecule has 1 aliphatic heterocycles. The van der Waals surface area contributed by atoms with Gasteiger partial charge in [-0.2, -0.15) is 0 Å². The molecule has 3 nitrogen and oxygen atoms in total. The summed E-state index contributed by atoms with van der Waals surface area (Å²) in [5.41, 5.74) is 0. The van der Waals surface area contributed by atoms with Crippen molar-refractivity contribution in [3.63, 3.8) is 0 Å². The van der Waals surface area contributed by atoms with Crippen molar-refractivity contribution in [3.8, 4) is 0 Å². The van der Waals surface area contributed by atoms with E-state index in [9.17, 15) is 4.79 Å². The first kappa shape index (κ1) is 9.58. The third-order valence-electron chi connectivity index (χ3n) is 1.64. The number of carbonyl (C=O) groups excluding carboxylic acids is 1. The second-order valence-electron chi connectivity index (χ2n) is 2.97. The van der Waals surface area contributed by atoms with Gasteiger partial charge in [0.05, 0.1) is 12.2 Å². The molecule has 1 atom stereocenters. The van der Waals surface area contributed by atoms with Crippen LogP contribution in [0.1, 0.15) is 13.8 Å². The van der Waals surface area contributed by atoms with Gasteiger partial charge in [-0.15, -0.1) is 11.8 Å². The van der Waals surface area contributed by atoms with Gasteiger partial charge in [-0.05, 0) is 0 Å². The van der Waals surface area contributed by atoms with Gasteiger partial charge in [-0.1, -0.05) is 13.8 Å². The van der Waals surface area contributed by atoms with Gasteiger partial charge in [-0.3, -0.25) is 4.99 Å². The van der Waals surface area contributed by atoms with Crippen molar-refractivity contribution in [2.45, 2.75) is 19.9 Å². The fourth-order valence-electron chi connectivity index (χ4n) is 0.965. The fraction of sp³-hybridized carbons (Fsp3) is 0.750. The number of nitrogens with zero attached hydrogens (tertiary/aromatic N) is 1. The van der Waals surface area contributed by atoms with Gasteiger partial charge in [0, 0.05) is 11.7 Å². The first-order chi connectivity index (χ1) is 5.65. The number of rotatable bonds is 2. The number of esters is 1. The second kappa shape index (κ2) is 3.94. The van der Waals surface area contributed by atoms with E-state index in [1.54, 1.807) is 11.8 Å². The van der Waals surface area contributed by atoms with E-state index in [0.29, 0.717) is 5.92 Å². The predicted octanol–water partition coefficient (Wildman–Crippen LogP) is 1.33. The summed E-state index contributed by atoms with van der Waals surface area (Å²) in [5, 5.41) is 1.06. The maximum absolute atomic E-state index is 11.0. The van der Waals surface area contributed by atoms with Crippen molar-refractivity contribution in [2.24, 2.45) is 10.9 Å². The molecule has 0 aromatic carbocycles. The van der Waals surface area contributed by atoms with Gasteiger partial charge in [0.15, 0.2) is 6.04 Å². The number of methoxy groups -OCH3 is 1. The highest BCUT2D eigenvalue weighted by molar-refractivity contribution is 8.14. The fourth-order valence-corrected chi connectivity index (χ4v) is 2.04. The molecule has 4 heteroatoms. The summed E-state index contributed by atoms with van der Waals surface area (Å²) in [6, 6.07) is -0.266. The number of hydrogen-bond donors (Lipinski definition) is 0. The molecular weight excluding hydrogens is 174 g/mol. The quantitative estimate of drug-likeness (QED) is 0.612. The number of carbonyl (C=O) groups is 1. The molecule has 0 aliphatic carbocycles. The topological polar surface area (TPSA) is 38.7 Å². The predicted molar refractivity (Wildman–Crippen MR) is 50.5 cm³/mol. The first-order valence-electron chi connectivity index (χ1n) is 3.93. The molecule has 1 heterocycles. The van der Waals surface area contributed by atoms with Gasteiger partial charge in [0.2, 0.25) is 0 Å². The number of aliphatic imine (C=N–C) groups is 1. The van der Waals surface area contributed by atoms with Gasteiger partial charge in [0.25, 0.3) is 0 Å². The molecular formula is C8H13NO2S. The monoisotopic (exact) mass is 187 g/mol. The van der Waals surface area contributed by atoms with Crippen LogP contribution in [0.15, 0.2) is 4.99 Å². The summed E-state index contributed by atoms with van der Waals surface area (Å²) < 4.78 is 4.60. The summed E-state index contributed by atoms with van der Waals surface area (Å²) in [5.74, 6) is 0.933. The van der Waals surface area contributed by atoms with Crippen LogP contribution in [0.5, 0.6) is 0 Å². The van der Waals surface area contributed by atoms with Crippen molar-refractivity contribution >= 4 is 22.8 Å². The molecule has 0 aromatic heterocycles. The van der Waals surface area contributed by atoms with E-state index in [1.807, 2.05) is 0 Å². The zero-order valence-electron chi connectivity index (χ0n) is 7.53. The normalized spacial score (nSPS) is 22.7. The zero-order valence-corrected chi connectivity index (χ0v) is 8.35. The SMILES string of the molecule is COC(=O)[C@@H]1CSC(C(C)C)=N1. The van der Waals surface area contributed by atoms with Crippen LogP contribution >= 0.6 is 11.8 Å². The molecule has 0 fully saturated rings. The number of hydrogen-bond acceptors (Lipinski definition) is 4. The number of ether oxygens (including phenoxy) is 1. The second-order valence-corrected chi connectivity index (χ2v) is 4.01. The molecule has 0 saturated heterocycles. The highest BCUT2D eigenvalue weighted by Gasteiger charge is 2.26. The van der Waals surface area contributed by atoms with E-state index in [1.165, 1.54) is 7.11 Å². The van der Waals surface area contributed by atoms with E-state index < -0.39 is 0 Å². The first-order valence-corrected chi connectivity index (χ1v) is 4.92. The zero-order chi connectivity index (χ0) is 9.14. The Hall–Kier alpha value is -0.510. The molecule has 1 rings (SSSR count). The Morgan fingerprint density at radius 3 is 2.83 bits per heavy atom. The summed E-state index contributed by atoms with van der Waals surface area (Å²) in [6.45, 7) is 4.15. The van der Waals surface area contributed by atoms with E-state index in [-0.39, 0.29) is 12.0 Å². The molecule has 68 valence electrons. The largest absolute Gasteiger partial charge is 0.467 e. The van der Waals surface area contributed by atoms with E-state index in [4.69, 9.17) is 0 Å². The van der Waals surface area contributed by atoms with Gasteiger partial charge < -0.3 is 4.74 Å². The Balaban J connectivity index is 2.58. The summed E-state index contributed by atoms with van der Waals surface area (Å²) in [4.78, 5) is 15.3. The Kier molecular flexibility index (Phi) is 3.14. The average Bonchev–Trinajstić information content (AvgIpc) is 2.51. The third-order valence-corrected chi connectivity index (χ3v) is 2.99. The maximum atomic E-state index is 11.0. The lowest BCUT2D eigenvalue weighted by molar-refractivity contribution is -0.141. The van der Waals surface area contributed by atoms with E-state index >= 15 is 0 Å². The van der Waals surface area contributed by atoms with E-state index in [0.717, 1.165) is 10.8 Å². The van der Waals surface area contributed by atoms with E-state index in [2.05, 4.69) is 23.6 Å². The van der Waals surface area contributed by atoms with Crippen LogP contribution in [-0.2, 0) is 9.53 Å². The van der Waals surface area contributed by atoms with Gasteiger partial charge >= 0.3 is 5.97 Å². The Morgan fingerprint density at radius 2 is 2.42 bits per heavy atom. The Labute approximate surface area is 76.6 Å². The van der Waals surface area contributed by atoms with Crippen LogP contribution < -0.4 is 0 Å². The standard InChI is InChI=1S/C8H13NO2S/c1-5(2)7-9-6(4-12-7)8(10)11-3/h5-6H,4H2,1-3H3/t6-/m0/s1. The van der Waals surface area contributed by atoms with Gasteiger partial charge in [-0.25, -0.2) is 4.79 Å². The van der Waals surface area contributed by atoms with Crippen LogP contribution in [0, 0.1) is 5.92 Å². The van der Waals surface area contributed by atoms with Gasteiger partial charge in [0.1, 0.15) is 0 Å². The Bertz CT molecular complexity index is 213. The Morgan fingerprint density at radius 1 is 1.75 bits per heavy atom. The highest BCUT2D eigenvalue weighted by atomic mass is 32.2. The molecule has 0 spiro atoms. The summed E-state index contributed by atoms with van der Waals surface area (Å²) in [6.07, 6.45) is 0. The summed E-state index contributed by atoms with van der Waals surface area (Å²) in [7, 11) is 1.40. The average molecular weight is 187 g/mol. The molecule has 1 aliphatic rings. The minimum atomic E-state index is -0.266. The molecule has 12 heavy (non-hydrogen) atoms. The highest BCUT2D eigenvalue weighted by Crippen LogP contribution is 2.23. The molecule has 0 unspecified atom stereocenters. The van der Waals surface area contributed by atoms with Crippen molar-refractivity contribution in [1.82, 2.24) is 0 Å². The lowest BCUT2D eigenvalue weighted by atomic mass is 10.2. The van der Waals surface area contributed by atoms with Crippen molar-refractivity contribution in [2.75, 3.05) is 12.9 Å². The lowest BCUT2D eigenvalue weighted by Gasteiger charge is -2.01. The lowest BCUT2D eigenvalue weighted by Crippen LogP contribution is -2.19. The van der Waals surface area contributed by atoms with Crippen molar-refractivity contribution in [3.05, 3.63) is 0 Å². The molecule has 0 amide bonds. The molecule has 0 bridgehead atoms. The van der Waals surface area contributed by atoms with Crippen molar-refractivity contribution < 1.29 is 9.53 Å². The minimum absolute atomic E-state index is 0.224. The molecule has 0 radical (unpaired) electrons. The van der Waals surface area contributed by atoms with Crippen molar-refractivity contribution in [1.29, 1.82) is 0 Å².